The molecule has 0 aliphatic heterocycles. The zero-order valence-electron chi connectivity index (χ0n) is 17.6. The Morgan fingerprint density at radius 3 is 2.60 bits per heavy atom. The third kappa shape index (κ3) is 5.81. The number of nitrogens with zero attached hydrogens (tertiary/aromatic N) is 1. The van der Waals surface area contributed by atoms with E-state index in [0.29, 0.717) is 11.3 Å². The molecule has 1 N–H and O–H groups in total. The minimum atomic E-state index is -0.737. The van der Waals surface area contributed by atoms with E-state index in [9.17, 15) is 14.0 Å². The first-order chi connectivity index (χ1) is 14.4. The Morgan fingerprint density at radius 1 is 1.17 bits per heavy atom. The van der Waals surface area contributed by atoms with Crippen LogP contribution in [0, 0.1) is 12.7 Å². The molecule has 1 fully saturated rings. The highest BCUT2D eigenvalue weighted by atomic mass is 19.1. The average molecular weight is 413 g/mol. The summed E-state index contributed by atoms with van der Waals surface area (Å²) in [5.74, 6) is -0.411. The molecule has 0 aromatic heterocycles. The number of carbonyl (C=O) groups is 2. The van der Waals surface area contributed by atoms with Crippen molar-refractivity contribution >= 4 is 11.8 Å². The molecule has 1 aliphatic rings. The lowest BCUT2D eigenvalue weighted by Gasteiger charge is -2.29. The van der Waals surface area contributed by atoms with Crippen LogP contribution in [0.5, 0.6) is 5.75 Å². The van der Waals surface area contributed by atoms with Crippen LogP contribution in [-0.2, 0) is 16.1 Å². The summed E-state index contributed by atoms with van der Waals surface area (Å²) in [4.78, 5) is 27.2. The van der Waals surface area contributed by atoms with Crippen LogP contribution in [0.4, 0.5) is 4.39 Å². The van der Waals surface area contributed by atoms with Gasteiger partial charge in [-0.05, 0) is 50.5 Å². The maximum absolute atomic E-state index is 14.2. The van der Waals surface area contributed by atoms with Gasteiger partial charge in [0.05, 0.1) is 0 Å². The Kier molecular flexibility index (Phi) is 7.44. The van der Waals surface area contributed by atoms with Crippen molar-refractivity contribution in [2.24, 2.45) is 0 Å². The van der Waals surface area contributed by atoms with Gasteiger partial charge in [-0.1, -0.05) is 43.2 Å². The van der Waals surface area contributed by atoms with Crippen LogP contribution in [0.2, 0.25) is 0 Å². The highest BCUT2D eigenvalue weighted by molar-refractivity contribution is 5.88. The van der Waals surface area contributed by atoms with Gasteiger partial charge >= 0.3 is 0 Å². The first kappa shape index (κ1) is 21.8. The summed E-state index contributed by atoms with van der Waals surface area (Å²) in [5, 5.41) is 3.03. The van der Waals surface area contributed by atoms with E-state index >= 15 is 0 Å². The van der Waals surface area contributed by atoms with Gasteiger partial charge in [0.1, 0.15) is 17.6 Å². The van der Waals surface area contributed by atoms with Crippen molar-refractivity contribution in [3.63, 3.8) is 0 Å². The van der Waals surface area contributed by atoms with Crippen molar-refractivity contribution in [1.29, 1.82) is 0 Å². The first-order valence-electron chi connectivity index (χ1n) is 10.5. The lowest BCUT2D eigenvalue weighted by Crippen LogP contribution is -2.50. The number of hydrogen-bond donors (Lipinski definition) is 1. The lowest BCUT2D eigenvalue weighted by atomic mass is 10.1. The number of carbonyl (C=O) groups excluding carboxylic acids is 2. The molecule has 0 spiro atoms. The second-order valence-corrected chi connectivity index (χ2v) is 7.88. The van der Waals surface area contributed by atoms with E-state index in [1.54, 1.807) is 31.2 Å². The van der Waals surface area contributed by atoms with Gasteiger partial charge in [0, 0.05) is 18.2 Å². The van der Waals surface area contributed by atoms with Crippen molar-refractivity contribution in [3.05, 3.63) is 65.5 Å². The third-order valence-corrected chi connectivity index (χ3v) is 5.52. The van der Waals surface area contributed by atoms with E-state index in [0.717, 1.165) is 31.2 Å². The molecule has 1 atom stereocenters. The number of benzene rings is 2. The van der Waals surface area contributed by atoms with Gasteiger partial charge in [0.15, 0.2) is 6.61 Å². The quantitative estimate of drug-likeness (QED) is 0.713. The average Bonchev–Trinajstić information content (AvgIpc) is 3.24. The van der Waals surface area contributed by atoms with E-state index in [1.807, 2.05) is 25.1 Å². The normalized spacial score (nSPS) is 14.9. The van der Waals surface area contributed by atoms with E-state index in [-0.39, 0.29) is 31.0 Å². The molecule has 1 unspecified atom stereocenters. The fraction of sp³-hybridized carbons (Fsp3) is 0.417. The van der Waals surface area contributed by atoms with E-state index < -0.39 is 11.9 Å². The summed E-state index contributed by atoms with van der Waals surface area (Å²) >= 11 is 0. The molecule has 0 bridgehead atoms. The predicted molar refractivity (Wildman–Crippen MR) is 113 cm³/mol. The number of rotatable bonds is 8. The largest absolute Gasteiger partial charge is 0.484 e. The second kappa shape index (κ2) is 10.2. The van der Waals surface area contributed by atoms with Crippen molar-refractivity contribution in [2.75, 3.05) is 6.61 Å². The molecule has 1 aliphatic carbocycles. The first-order valence-corrected chi connectivity index (χ1v) is 10.5. The Bertz CT molecular complexity index is 880. The topological polar surface area (TPSA) is 58.6 Å². The fourth-order valence-electron chi connectivity index (χ4n) is 3.72. The molecular formula is C24H29FN2O3. The minimum absolute atomic E-state index is 0.00192. The summed E-state index contributed by atoms with van der Waals surface area (Å²) in [6.07, 6.45) is 4.11. The third-order valence-electron chi connectivity index (χ3n) is 5.52. The van der Waals surface area contributed by atoms with Crippen LogP contribution in [0.3, 0.4) is 0 Å². The monoisotopic (exact) mass is 412 g/mol. The summed E-state index contributed by atoms with van der Waals surface area (Å²) in [5.41, 5.74) is 1.38. The standard InChI is InChI=1S/C24H29FN2O3/c1-17-8-7-12-21(14-17)30-16-23(28)27(15-19-9-3-6-13-22(19)25)18(2)24(29)26-20-10-4-5-11-20/h3,6-9,12-14,18,20H,4-5,10-11,15-16H2,1-2H3,(H,26,29). The summed E-state index contributed by atoms with van der Waals surface area (Å²) in [7, 11) is 0. The fourth-order valence-corrected chi connectivity index (χ4v) is 3.72. The minimum Gasteiger partial charge on any atom is -0.484 e. The van der Waals surface area contributed by atoms with E-state index in [4.69, 9.17) is 4.74 Å². The van der Waals surface area contributed by atoms with Crippen LogP contribution in [0.25, 0.3) is 0 Å². The molecular weight excluding hydrogens is 383 g/mol. The summed E-state index contributed by atoms with van der Waals surface area (Å²) in [6.45, 7) is 3.39. The van der Waals surface area contributed by atoms with Gasteiger partial charge in [-0.15, -0.1) is 0 Å². The molecule has 3 rings (SSSR count). The Hall–Kier alpha value is -2.89. The van der Waals surface area contributed by atoms with Crippen LogP contribution in [-0.4, -0.2) is 35.4 Å². The SMILES string of the molecule is Cc1cccc(OCC(=O)N(Cc2ccccc2F)C(C)C(=O)NC2CCCC2)c1. The van der Waals surface area contributed by atoms with Crippen LogP contribution in [0.15, 0.2) is 48.5 Å². The highest BCUT2D eigenvalue weighted by Crippen LogP contribution is 2.19. The van der Waals surface area contributed by atoms with E-state index in [2.05, 4.69) is 5.32 Å². The molecule has 160 valence electrons. The van der Waals surface area contributed by atoms with Crippen molar-refractivity contribution < 1.29 is 18.7 Å². The molecule has 2 amide bonds. The molecule has 2 aromatic rings. The van der Waals surface area contributed by atoms with Crippen molar-refractivity contribution in [1.82, 2.24) is 10.2 Å². The number of ether oxygens (including phenoxy) is 1. The maximum Gasteiger partial charge on any atom is 0.261 e. The van der Waals surface area contributed by atoms with Gasteiger partial charge in [-0.3, -0.25) is 9.59 Å². The number of amides is 2. The van der Waals surface area contributed by atoms with Crippen LogP contribution >= 0.6 is 0 Å². The predicted octanol–water partition coefficient (Wildman–Crippen LogP) is 3.99. The molecule has 0 heterocycles. The summed E-state index contributed by atoms with van der Waals surface area (Å²) < 4.78 is 19.9. The Balaban J connectivity index is 1.72. The highest BCUT2D eigenvalue weighted by Gasteiger charge is 2.29. The van der Waals surface area contributed by atoms with Crippen molar-refractivity contribution in [3.8, 4) is 5.75 Å². The van der Waals surface area contributed by atoms with E-state index in [1.165, 1.54) is 11.0 Å². The molecule has 1 saturated carbocycles. The zero-order chi connectivity index (χ0) is 21.5. The van der Waals surface area contributed by atoms with Gasteiger partial charge < -0.3 is 15.0 Å². The van der Waals surface area contributed by atoms with Crippen molar-refractivity contribution in [2.45, 2.75) is 58.2 Å². The second-order valence-electron chi connectivity index (χ2n) is 7.88. The van der Waals surface area contributed by atoms with Crippen LogP contribution < -0.4 is 10.1 Å². The summed E-state index contributed by atoms with van der Waals surface area (Å²) in [6, 6.07) is 13.1. The number of nitrogens with one attached hydrogen (secondary N) is 1. The van der Waals surface area contributed by atoms with Gasteiger partial charge in [0.2, 0.25) is 5.91 Å². The maximum atomic E-state index is 14.2. The lowest BCUT2D eigenvalue weighted by molar-refractivity contribution is -0.142. The molecule has 0 saturated heterocycles. The van der Waals surface area contributed by atoms with Gasteiger partial charge in [0.25, 0.3) is 5.91 Å². The number of aryl methyl sites for hydroxylation is 1. The zero-order valence-corrected chi connectivity index (χ0v) is 17.6. The molecule has 30 heavy (non-hydrogen) atoms. The number of halogens is 1. The van der Waals surface area contributed by atoms with Gasteiger partial charge in [-0.2, -0.15) is 0 Å². The molecule has 6 heteroatoms. The Labute approximate surface area is 177 Å². The molecule has 5 nitrogen and oxygen atoms in total. The van der Waals surface area contributed by atoms with Crippen LogP contribution in [0.1, 0.15) is 43.7 Å². The van der Waals surface area contributed by atoms with Gasteiger partial charge in [-0.25, -0.2) is 4.39 Å². The molecule has 2 aromatic carbocycles. The number of hydrogen-bond acceptors (Lipinski definition) is 3. The Morgan fingerprint density at radius 2 is 1.90 bits per heavy atom. The smallest absolute Gasteiger partial charge is 0.261 e. The molecule has 0 radical (unpaired) electrons.